The van der Waals surface area contributed by atoms with E-state index in [1.54, 1.807) is 12.0 Å². The first-order chi connectivity index (χ1) is 14.2. The SMILES string of the molecule is COCCN(Cc1cc(NC(=O)C(C)C)ccc1N(C)C)C(=O)c1ccc(F)cc1. The van der Waals surface area contributed by atoms with Crippen molar-refractivity contribution in [1.82, 2.24) is 4.90 Å². The zero-order chi connectivity index (χ0) is 22.3. The molecule has 7 heteroatoms. The van der Waals surface area contributed by atoms with Crippen molar-refractivity contribution in [1.29, 1.82) is 0 Å². The Morgan fingerprint density at radius 3 is 2.33 bits per heavy atom. The lowest BCUT2D eigenvalue weighted by Crippen LogP contribution is -2.34. The van der Waals surface area contributed by atoms with E-state index in [0.29, 0.717) is 30.9 Å². The summed E-state index contributed by atoms with van der Waals surface area (Å²) in [7, 11) is 5.42. The number of benzene rings is 2. The predicted octanol–water partition coefficient (Wildman–Crippen LogP) is 3.78. The Bertz CT molecular complexity index is 866. The van der Waals surface area contributed by atoms with Gasteiger partial charge in [-0.05, 0) is 48.0 Å². The number of methoxy groups -OCH3 is 1. The molecule has 0 fully saturated rings. The normalized spacial score (nSPS) is 10.8. The van der Waals surface area contributed by atoms with E-state index >= 15 is 0 Å². The molecule has 2 amide bonds. The van der Waals surface area contributed by atoms with Crippen molar-refractivity contribution in [2.75, 3.05) is 44.6 Å². The number of hydrogen-bond donors (Lipinski definition) is 1. The maximum atomic E-state index is 13.3. The highest BCUT2D eigenvalue weighted by Crippen LogP contribution is 2.25. The van der Waals surface area contributed by atoms with E-state index in [-0.39, 0.29) is 17.7 Å². The van der Waals surface area contributed by atoms with Crippen LogP contribution in [0.1, 0.15) is 29.8 Å². The first-order valence-corrected chi connectivity index (χ1v) is 9.87. The van der Waals surface area contributed by atoms with Crippen molar-refractivity contribution < 1.29 is 18.7 Å². The van der Waals surface area contributed by atoms with Gasteiger partial charge in [0.2, 0.25) is 5.91 Å². The lowest BCUT2D eigenvalue weighted by atomic mass is 10.1. The molecular weight excluding hydrogens is 385 g/mol. The summed E-state index contributed by atoms with van der Waals surface area (Å²) in [6.45, 7) is 4.73. The molecule has 2 aromatic rings. The highest BCUT2D eigenvalue weighted by molar-refractivity contribution is 5.94. The van der Waals surface area contributed by atoms with Crippen molar-refractivity contribution in [2.45, 2.75) is 20.4 Å². The Morgan fingerprint density at radius 2 is 1.77 bits per heavy atom. The average Bonchev–Trinajstić information content (AvgIpc) is 2.71. The molecule has 6 nitrogen and oxygen atoms in total. The molecule has 0 saturated carbocycles. The number of carbonyl (C=O) groups excluding carboxylic acids is 2. The van der Waals surface area contributed by atoms with Gasteiger partial charge in [0.1, 0.15) is 5.82 Å². The molecule has 2 rings (SSSR count). The van der Waals surface area contributed by atoms with E-state index in [0.717, 1.165) is 11.3 Å². The van der Waals surface area contributed by atoms with Gasteiger partial charge in [-0.15, -0.1) is 0 Å². The van der Waals surface area contributed by atoms with Gasteiger partial charge in [-0.3, -0.25) is 9.59 Å². The number of nitrogens with one attached hydrogen (secondary N) is 1. The van der Waals surface area contributed by atoms with Crippen LogP contribution in [0.25, 0.3) is 0 Å². The van der Waals surface area contributed by atoms with Gasteiger partial charge in [0.05, 0.1) is 6.61 Å². The van der Waals surface area contributed by atoms with Crippen LogP contribution in [0.5, 0.6) is 0 Å². The number of carbonyl (C=O) groups is 2. The maximum absolute atomic E-state index is 13.3. The second-order valence-corrected chi connectivity index (χ2v) is 7.61. The van der Waals surface area contributed by atoms with E-state index in [1.165, 1.54) is 24.3 Å². The summed E-state index contributed by atoms with van der Waals surface area (Å²) in [6.07, 6.45) is 0. The van der Waals surface area contributed by atoms with Crippen LogP contribution in [0.2, 0.25) is 0 Å². The molecule has 0 aliphatic rings. The number of anilines is 2. The smallest absolute Gasteiger partial charge is 0.254 e. The molecule has 0 atom stereocenters. The summed E-state index contributed by atoms with van der Waals surface area (Å²) in [5.41, 5.74) is 2.90. The number of amides is 2. The van der Waals surface area contributed by atoms with Crippen molar-refractivity contribution in [3.8, 4) is 0 Å². The van der Waals surface area contributed by atoms with Crippen LogP contribution in [-0.4, -0.2) is 51.1 Å². The average molecular weight is 416 g/mol. The minimum atomic E-state index is -0.390. The van der Waals surface area contributed by atoms with E-state index in [1.807, 2.05) is 51.0 Å². The molecule has 0 radical (unpaired) electrons. The van der Waals surface area contributed by atoms with Crippen molar-refractivity contribution >= 4 is 23.2 Å². The Hall–Kier alpha value is -2.93. The third-order valence-electron chi connectivity index (χ3n) is 4.66. The fraction of sp³-hybridized carbons (Fsp3) is 0.391. The summed E-state index contributed by atoms with van der Waals surface area (Å²) in [5, 5.41) is 2.90. The summed E-state index contributed by atoms with van der Waals surface area (Å²) >= 11 is 0. The number of halogens is 1. The molecule has 30 heavy (non-hydrogen) atoms. The second kappa shape index (κ2) is 10.7. The summed E-state index contributed by atoms with van der Waals surface area (Å²) in [5.74, 6) is -0.815. The molecule has 0 aliphatic carbocycles. The molecule has 1 N–H and O–H groups in total. The molecule has 0 aromatic heterocycles. The molecule has 0 spiro atoms. The predicted molar refractivity (Wildman–Crippen MR) is 117 cm³/mol. The third-order valence-corrected chi connectivity index (χ3v) is 4.66. The quantitative estimate of drug-likeness (QED) is 0.677. The fourth-order valence-corrected chi connectivity index (χ4v) is 2.95. The molecule has 0 heterocycles. The lowest BCUT2D eigenvalue weighted by molar-refractivity contribution is -0.118. The van der Waals surface area contributed by atoms with Crippen LogP contribution in [0.3, 0.4) is 0 Å². The Balaban J connectivity index is 2.35. The monoisotopic (exact) mass is 415 g/mol. The van der Waals surface area contributed by atoms with Gasteiger partial charge in [-0.1, -0.05) is 13.8 Å². The summed E-state index contributed by atoms with van der Waals surface area (Å²) in [6, 6.07) is 11.1. The summed E-state index contributed by atoms with van der Waals surface area (Å²) < 4.78 is 18.4. The van der Waals surface area contributed by atoms with Crippen LogP contribution in [0, 0.1) is 11.7 Å². The maximum Gasteiger partial charge on any atom is 0.254 e. The molecular formula is C23H30FN3O3. The van der Waals surface area contributed by atoms with Crippen molar-refractivity contribution in [3.05, 3.63) is 59.4 Å². The topological polar surface area (TPSA) is 61.9 Å². The lowest BCUT2D eigenvalue weighted by Gasteiger charge is -2.26. The molecule has 0 bridgehead atoms. The highest BCUT2D eigenvalue weighted by Gasteiger charge is 2.19. The second-order valence-electron chi connectivity index (χ2n) is 7.61. The number of ether oxygens (including phenoxy) is 1. The van der Waals surface area contributed by atoms with Crippen LogP contribution in [0.4, 0.5) is 15.8 Å². The van der Waals surface area contributed by atoms with Crippen LogP contribution in [-0.2, 0) is 16.1 Å². The third kappa shape index (κ3) is 6.29. The molecule has 0 saturated heterocycles. The van der Waals surface area contributed by atoms with Crippen LogP contribution < -0.4 is 10.2 Å². The van der Waals surface area contributed by atoms with E-state index in [2.05, 4.69) is 5.32 Å². The number of rotatable bonds is 9. The zero-order valence-corrected chi connectivity index (χ0v) is 18.2. The first-order valence-electron chi connectivity index (χ1n) is 9.87. The van der Waals surface area contributed by atoms with Gasteiger partial charge in [0.15, 0.2) is 0 Å². The highest BCUT2D eigenvalue weighted by atomic mass is 19.1. The minimum absolute atomic E-state index is 0.0721. The van der Waals surface area contributed by atoms with Crippen molar-refractivity contribution in [2.24, 2.45) is 5.92 Å². The number of hydrogen-bond acceptors (Lipinski definition) is 4. The Morgan fingerprint density at radius 1 is 1.10 bits per heavy atom. The number of nitrogens with zero attached hydrogens (tertiary/aromatic N) is 2. The minimum Gasteiger partial charge on any atom is -0.383 e. The van der Waals surface area contributed by atoms with Crippen molar-refractivity contribution in [3.63, 3.8) is 0 Å². The zero-order valence-electron chi connectivity index (χ0n) is 18.2. The Labute approximate surface area is 177 Å². The van der Waals surface area contributed by atoms with E-state index in [4.69, 9.17) is 4.74 Å². The van der Waals surface area contributed by atoms with Gasteiger partial charge in [-0.2, -0.15) is 0 Å². The fourth-order valence-electron chi connectivity index (χ4n) is 2.95. The van der Waals surface area contributed by atoms with Gasteiger partial charge in [0, 0.05) is 57.2 Å². The standard InChI is InChI=1S/C23H30FN3O3/c1-16(2)22(28)25-20-10-11-21(26(3)4)18(14-20)15-27(12-13-30-5)23(29)17-6-8-19(24)9-7-17/h6-11,14,16H,12-13,15H2,1-5H3,(H,25,28). The van der Waals surface area contributed by atoms with Gasteiger partial charge in [0.25, 0.3) is 5.91 Å². The van der Waals surface area contributed by atoms with Gasteiger partial charge in [-0.25, -0.2) is 4.39 Å². The van der Waals surface area contributed by atoms with E-state index < -0.39 is 5.82 Å². The summed E-state index contributed by atoms with van der Waals surface area (Å²) in [4.78, 5) is 28.8. The van der Waals surface area contributed by atoms with Crippen LogP contribution in [0.15, 0.2) is 42.5 Å². The molecule has 0 aliphatic heterocycles. The molecule has 0 unspecified atom stereocenters. The molecule has 162 valence electrons. The van der Waals surface area contributed by atoms with Gasteiger partial charge < -0.3 is 19.9 Å². The molecule has 2 aromatic carbocycles. The van der Waals surface area contributed by atoms with E-state index in [9.17, 15) is 14.0 Å². The Kier molecular flexibility index (Phi) is 8.35. The largest absolute Gasteiger partial charge is 0.383 e. The van der Waals surface area contributed by atoms with Gasteiger partial charge >= 0.3 is 0 Å². The first kappa shape index (κ1) is 23.3. The van der Waals surface area contributed by atoms with Crippen LogP contribution >= 0.6 is 0 Å².